The van der Waals surface area contributed by atoms with Crippen molar-refractivity contribution in [3.8, 4) is 0 Å². The Balaban J connectivity index is 1.94. The molecule has 0 bridgehead atoms. The van der Waals surface area contributed by atoms with Gasteiger partial charge in [0.15, 0.2) is 0 Å². The van der Waals surface area contributed by atoms with Crippen LogP contribution in [0.4, 0.5) is 5.69 Å². The van der Waals surface area contributed by atoms with Crippen molar-refractivity contribution in [1.82, 2.24) is 4.31 Å². The lowest BCUT2D eigenvalue weighted by Gasteiger charge is -2.31. The number of nitrogens with zero attached hydrogens (tertiary/aromatic N) is 1. The molecule has 1 unspecified atom stereocenters. The maximum Gasteiger partial charge on any atom is 0.296 e. The Bertz CT molecular complexity index is 744. The molecule has 0 aliphatic carbocycles. The van der Waals surface area contributed by atoms with E-state index < -0.39 is 21.7 Å². The maximum atomic E-state index is 12.7. The van der Waals surface area contributed by atoms with Gasteiger partial charge in [0.2, 0.25) is 10.0 Å². The molecular weight excluding hydrogens is 308 g/mol. The van der Waals surface area contributed by atoms with Crippen molar-refractivity contribution >= 4 is 27.4 Å². The number of nitrogens with one attached hydrogen (secondary N) is 1. The second-order valence-electron chi connectivity index (χ2n) is 5.54. The van der Waals surface area contributed by atoms with E-state index >= 15 is 0 Å². The highest BCUT2D eigenvalue weighted by Gasteiger charge is 2.33. The highest BCUT2D eigenvalue weighted by Crippen LogP contribution is 2.29. The molecule has 1 atom stereocenters. The number of ketones is 1. The van der Waals surface area contributed by atoms with Crippen LogP contribution in [-0.4, -0.2) is 49.2 Å². The number of hydrogen-bond acceptors (Lipinski definition) is 5. The Morgan fingerprint density at radius 2 is 2.09 bits per heavy atom. The van der Waals surface area contributed by atoms with Crippen LogP contribution in [0.3, 0.4) is 0 Å². The van der Waals surface area contributed by atoms with Gasteiger partial charge in [-0.1, -0.05) is 0 Å². The molecule has 22 heavy (non-hydrogen) atoms. The van der Waals surface area contributed by atoms with Crippen LogP contribution in [0.1, 0.15) is 23.2 Å². The van der Waals surface area contributed by atoms with Crippen LogP contribution in [0.15, 0.2) is 23.1 Å². The lowest BCUT2D eigenvalue weighted by Crippen LogP contribution is -2.40. The first-order chi connectivity index (χ1) is 10.4. The number of fused-ring (bicyclic) bond motifs is 1. The molecule has 8 heteroatoms. The normalized spacial score (nSPS) is 22.5. The number of hydrogen-bond donors (Lipinski definition) is 2. The molecule has 0 aromatic heterocycles. The van der Waals surface area contributed by atoms with E-state index in [1.165, 1.54) is 22.5 Å². The molecule has 3 rings (SSSR count). The summed E-state index contributed by atoms with van der Waals surface area (Å²) >= 11 is 0. The second kappa shape index (κ2) is 5.45. The van der Waals surface area contributed by atoms with Gasteiger partial charge < -0.3 is 10.4 Å². The van der Waals surface area contributed by atoms with E-state index in [1.807, 2.05) is 0 Å². The van der Waals surface area contributed by atoms with E-state index in [1.54, 1.807) is 0 Å². The summed E-state index contributed by atoms with van der Waals surface area (Å²) in [7, 11) is -3.74. The van der Waals surface area contributed by atoms with Crippen molar-refractivity contribution in [2.24, 2.45) is 5.92 Å². The third kappa shape index (κ3) is 2.43. The zero-order valence-electron chi connectivity index (χ0n) is 11.8. The molecule has 7 nitrogen and oxygen atoms in total. The second-order valence-corrected chi connectivity index (χ2v) is 7.48. The summed E-state index contributed by atoms with van der Waals surface area (Å²) < 4.78 is 26.7. The van der Waals surface area contributed by atoms with Gasteiger partial charge in [0.05, 0.1) is 16.1 Å². The standard InChI is InChI=1S/C14H16N2O5S/c17-8-9-2-1-5-16(7-9)22(20,21)10-3-4-12-11(6-10)13(18)14(19)15-12/h3-4,6,9,17H,1-2,5,7-8H2,(H,15,18,19). The number of carbonyl (C=O) groups is 2. The molecule has 1 aromatic rings. The van der Waals surface area contributed by atoms with Crippen LogP contribution in [-0.2, 0) is 14.8 Å². The minimum Gasteiger partial charge on any atom is -0.396 e. The van der Waals surface area contributed by atoms with Crippen molar-refractivity contribution in [1.29, 1.82) is 0 Å². The van der Waals surface area contributed by atoms with E-state index in [4.69, 9.17) is 0 Å². The largest absolute Gasteiger partial charge is 0.396 e. The fourth-order valence-electron chi connectivity index (χ4n) is 2.83. The first-order valence-electron chi connectivity index (χ1n) is 7.04. The fraction of sp³-hybridized carbons (Fsp3) is 0.429. The lowest BCUT2D eigenvalue weighted by atomic mass is 10.0. The first kappa shape index (κ1) is 15.1. The van der Waals surface area contributed by atoms with Gasteiger partial charge in [-0.3, -0.25) is 9.59 Å². The molecule has 2 aliphatic rings. The predicted molar refractivity (Wildman–Crippen MR) is 78.0 cm³/mol. The van der Waals surface area contributed by atoms with Gasteiger partial charge in [0.1, 0.15) is 0 Å². The molecule has 2 aliphatic heterocycles. The number of Topliss-reactive ketones (excluding diaryl/α,β-unsaturated/α-hetero) is 1. The number of rotatable bonds is 3. The number of aliphatic hydroxyl groups excluding tert-OH is 1. The van der Waals surface area contributed by atoms with Crippen LogP contribution >= 0.6 is 0 Å². The number of benzene rings is 1. The molecule has 118 valence electrons. The Labute approximate surface area is 128 Å². The van der Waals surface area contributed by atoms with Crippen LogP contribution in [0.5, 0.6) is 0 Å². The van der Waals surface area contributed by atoms with Gasteiger partial charge in [0.25, 0.3) is 11.7 Å². The van der Waals surface area contributed by atoms with Crippen molar-refractivity contribution in [2.75, 3.05) is 25.0 Å². The summed E-state index contributed by atoms with van der Waals surface area (Å²) in [6, 6.07) is 4.06. The Morgan fingerprint density at radius 1 is 1.32 bits per heavy atom. The van der Waals surface area contributed by atoms with Gasteiger partial charge in [0, 0.05) is 19.7 Å². The zero-order valence-corrected chi connectivity index (χ0v) is 12.6. The third-order valence-electron chi connectivity index (χ3n) is 4.07. The van der Waals surface area contributed by atoms with Gasteiger partial charge >= 0.3 is 0 Å². The highest BCUT2D eigenvalue weighted by atomic mass is 32.2. The minimum atomic E-state index is -3.74. The van der Waals surface area contributed by atoms with Gasteiger partial charge in [-0.2, -0.15) is 4.31 Å². The van der Waals surface area contributed by atoms with E-state index in [0.29, 0.717) is 18.7 Å². The van der Waals surface area contributed by atoms with E-state index in [0.717, 1.165) is 6.42 Å². The summed E-state index contributed by atoms with van der Waals surface area (Å²) in [4.78, 5) is 23.0. The summed E-state index contributed by atoms with van der Waals surface area (Å²) in [6.45, 7) is 0.606. The predicted octanol–water partition coefficient (Wildman–Crippen LogP) is 0.214. The average Bonchev–Trinajstić information content (AvgIpc) is 2.82. The molecule has 0 saturated carbocycles. The third-order valence-corrected chi connectivity index (χ3v) is 5.93. The summed E-state index contributed by atoms with van der Waals surface area (Å²) in [5.41, 5.74) is 0.419. The van der Waals surface area contributed by atoms with E-state index in [2.05, 4.69) is 5.32 Å². The molecule has 1 aromatic carbocycles. The molecule has 1 saturated heterocycles. The van der Waals surface area contributed by atoms with Crippen LogP contribution in [0.25, 0.3) is 0 Å². The summed E-state index contributed by atoms with van der Waals surface area (Å²) in [5, 5.41) is 11.6. The highest BCUT2D eigenvalue weighted by molar-refractivity contribution is 7.89. The minimum absolute atomic E-state index is 0.00492. The van der Waals surface area contributed by atoms with Crippen molar-refractivity contribution in [3.05, 3.63) is 23.8 Å². The fourth-order valence-corrected chi connectivity index (χ4v) is 4.41. The number of piperidine rings is 1. The molecular formula is C14H16N2O5S. The topological polar surface area (TPSA) is 104 Å². The smallest absolute Gasteiger partial charge is 0.296 e. The van der Waals surface area contributed by atoms with Gasteiger partial charge in [-0.25, -0.2) is 8.42 Å². The molecule has 1 fully saturated rings. The van der Waals surface area contributed by atoms with Crippen LogP contribution in [0, 0.1) is 5.92 Å². The number of anilines is 1. The van der Waals surface area contributed by atoms with Crippen molar-refractivity contribution in [3.63, 3.8) is 0 Å². The first-order valence-corrected chi connectivity index (χ1v) is 8.48. The van der Waals surface area contributed by atoms with Gasteiger partial charge in [-0.05, 0) is 37.0 Å². The van der Waals surface area contributed by atoms with Crippen LogP contribution < -0.4 is 5.32 Å². The molecule has 2 N–H and O–H groups in total. The number of sulfonamides is 1. The maximum absolute atomic E-state index is 12.7. The molecule has 0 radical (unpaired) electrons. The number of amides is 1. The zero-order chi connectivity index (χ0) is 15.9. The monoisotopic (exact) mass is 324 g/mol. The van der Waals surface area contributed by atoms with E-state index in [9.17, 15) is 23.1 Å². The van der Waals surface area contributed by atoms with Crippen molar-refractivity contribution in [2.45, 2.75) is 17.7 Å². The van der Waals surface area contributed by atoms with Crippen LogP contribution in [0.2, 0.25) is 0 Å². The number of carbonyl (C=O) groups excluding carboxylic acids is 2. The number of aliphatic hydroxyl groups is 1. The Morgan fingerprint density at radius 3 is 2.82 bits per heavy atom. The molecule has 1 amide bonds. The average molecular weight is 324 g/mol. The SMILES string of the molecule is O=C1Nc2ccc(S(=O)(=O)N3CCCC(CO)C3)cc2C1=O. The summed E-state index contributed by atoms with van der Waals surface area (Å²) in [5.74, 6) is -1.54. The van der Waals surface area contributed by atoms with E-state index in [-0.39, 0.29) is 29.5 Å². The summed E-state index contributed by atoms with van der Waals surface area (Å²) in [6.07, 6.45) is 1.48. The van der Waals surface area contributed by atoms with Crippen molar-refractivity contribution < 1.29 is 23.1 Å². The van der Waals surface area contributed by atoms with Gasteiger partial charge in [-0.15, -0.1) is 0 Å². The molecule has 2 heterocycles. The lowest BCUT2D eigenvalue weighted by molar-refractivity contribution is -0.112. The quantitative estimate of drug-likeness (QED) is 0.774. The molecule has 0 spiro atoms. The Kier molecular flexibility index (Phi) is 3.75. The Hall–Kier alpha value is -1.77.